The van der Waals surface area contributed by atoms with E-state index >= 15 is 0 Å². The average Bonchev–Trinajstić information content (AvgIpc) is 2.71. The second-order valence-corrected chi connectivity index (χ2v) is 7.40. The highest BCUT2D eigenvalue weighted by Crippen LogP contribution is 2.23. The Morgan fingerprint density at radius 2 is 1.79 bits per heavy atom. The van der Waals surface area contributed by atoms with Crippen LogP contribution in [-0.4, -0.2) is 19.5 Å². The Morgan fingerprint density at radius 3 is 2.57 bits per heavy atom. The number of benzene rings is 2. The Labute approximate surface area is 169 Å². The van der Waals surface area contributed by atoms with Crippen LogP contribution in [0.3, 0.4) is 0 Å². The molecule has 0 atom stereocenters. The summed E-state index contributed by atoms with van der Waals surface area (Å²) in [5.74, 6) is 0.0491. The minimum Gasteiger partial charge on any atom is -0.281 e. The zero-order chi connectivity index (χ0) is 19.5. The van der Waals surface area contributed by atoms with Crippen molar-refractivity contribution >= 4 is 34.5 Å². The van der Waals surface area contributed by atoms with Gasteiger partial charge in [-0.1, -0.05) is 53.7 Å². The summed E-state index contributed by atoms with van der Waals surface area (Å²) in [4.78, 5) is 25.8. The number of nitrogens with zero attached hydrogens (tertiary/aromatic N) is 4. The fourth-order valence-electron chi connectivity index (χ4n) is 2.71. The molecule has 0 radical (unpaired) electrons. The van der Waals surface area contributed by atoms with E-state index in [-0.39, 0.29) is 22.5 Å². The highest BCUT2D eigenvalue weighted by Gasteiger charge is 2.14. The van der Waals surface area contributed by atoms with Crippen LogP contribution in [0.15, 0.2) is 70.9 Å². The van der Waals surface area contributed by atoms with Crippen molar-refractivity contribution in [1.29, 1.82) is 0 Å². The quantitative estimate of drug-likeness (QED) is 0.361. The van der Waals surface area contributed by atoms with Crippen molar-refractivity contribution < 1.29 is 4.39 Å². The first-order valence-corrected chi connectivity index (χ1v) is 9.80. The molecule has 4 aromatic rings. The van der Waals surface area contributed by atoms with Gasteiger partial charge < -0.3 is 0 Å². The third kappa shape index (κ3) is 3.90. The fourth-order valence-corrected chi connectivity index (χ4v) is 3.81. The van der Waals surface area contributed by atoms with Crippen molar-refractivity contribution in [2.24, 2.45) is 0 Å². The minimum absolute atomic E-state index is 0.201. The fraction of sp³-hybridized carbons (Fsp3) is 0.100. The Balaban J connectivity index is 1.75. The maximum absolute atomic E-state index is 14.0. The Morgan fingerprint density at radius 1 is 1.04 bits per heavy atom. The highest BCUT2D eigenvalue weighted by atomic mass is 35.5. The standard InChI is InChI=1S/C20H14ClFN4OS/c21-15-7-5-13(6-8-15)11-26-19(27)17-18(24-10-9-23-17)25-20(26)28-12-14-3-1-2-4-16(14)22/h1-10H,11-12H2. The minimum atomic E-state index is -0.290. The van der Waals surface area contributed by atoms with Gasteiger partial charge in [0.15, 0.2) is 16.3 Å². The summed E-state index contributed by atoms with van der Waals surface area (Å²) >= 11 is 7.23. The molecule has 8 heteroatoms. The van der Waals surface area contributed by atoms with E-state index in [1.807, 2.05) is 12.1 Å². The number of rotatable bonds is 5. The van der Waals surface area contributed by atoms with Gasteiger partial charge in [-0.2, -0.15) is 0 Å². The number of thioether (sulfide) groups is 1. The summed E-state index contributed by atoms with van der Waals surface area (Å²) in [6.45, 7) is 0.301. The van der Waals surface area contributed by atoms with Gasteiger partial charge >= 0.3 is 0 Å². The van der Waals surface area contributed by atoms with E-state index in [4.69, 9.17) is 11.6 Å². The number of aromatic nitrogens is 4. The Kier molecular flexibility index (Phi) is 5.36. The molecule has 28 heavy (non-hydrogen) atoms. The van der Waals surface area contributed by atoms with E-state index in [1.165, 1.54) is 34.8 Å². The topological polar surface area (TPSA) is 60.7 Å². The van der Waals surface area contributed by atoms with Crippen LogP contribution in [-0.2, 0) is 12.3 Å². The van der Waals surface area contributed by atoms with Gasteiger partial charge in [0.1, 0.15) is 5.82 Å². The summed E-state index contributed by atoms with van der Waals surface area (Å²) < 4.78 is 15.5. The number of hydrogen-bond donors (Lipinski definition) is 0. The lowest BCUT2D eigenvalue weighted by Crippen LogP contribution is -2.25. The van der Waals surface area contributed by atoms with Crippen molar-refractivity contribution in [3.63, 3.8) is 0 Å². The molecular weight excluding hydrogens is 399 g/mol. The molecule has 0 aliphatic rings. The predicted octanol–water partition coefficient (Wildman–Crippen LogP) is 4.32. The van der Waals surface area contributed by atoms with E-state index in [1.54, 1.807) is 30.3 Å². The molecule has 4 rings (SSSR count). The van der Waals surface area contributed by atoms with E-state index in [0.717, 1.165) is 5.56 Å². The lowest BCUT2D eigenvalue weighted by molar-refractivity contribution is 0.616. The number of hydrogen-bond acceptors (Lipinski definition) is 5. The van der Waals surface area contributed by atoms with Gasteiger partial charge in [-0.15, -0.1) is 0 Å². The second kappa shape index (κ2) is 8.08. The summed E-state index contributed by atoms with van der Waals surface area (Å²) in [5, 5.41) is 1.07. The molecule has 0 bridgehead atoms. The monoisotopic (exact) mass is 412 g/mol. The van der Waals surface area contributed by atoms with Gasteiger partial charge in [-0.25, -0.2) is 19.3 Å². The summed E-state index contributed by atoms with van der Waals surface area (Å²) in [7, 11) is 0. The number of fused-ring (bicyclic) bond motifs is 1. The molecule has 0 saturated carbocycles. The van der Waals surface area contributed by atoms with Gasteiger partial charge in [-0.3, -0.25) is 9.36 Å². The average molecular weight is 413 g/mol. The smallest absolute Gasteiger partial charge is 0.281 e. The van der Waals surface area contributed by atoms with Crippen molar-refractivity contribution in [2.45, 2.75) is 17.5 Å². The normalized spacial score (nSPS) is 11.1. The molecular formula is C20H14ClFN4OS. The van der Waals surface area contributed by atoms with Crippen LogP contribution in [0.5, 0.6) is 0 Å². The lowest BCUT2D eigenvalue weighted by atomic mass is 10.2. The third-order valence-corrected chi connectivity index (χ3v) is 5.40. The second-order valence-electron chi connectivity index (χ2n) is 6.02. The molecule has 2 aromatic carbocycles. The van der Waals surface area contributed by atoms with Crippen LogP contribution in [0.25, 0.3) is 11.2 Å². The van der Waals surface area contributed by atoms with Gasteiger partial charge in [-0.05, 0) is 29.3 Å². The van der Waals surface area contributed by atoms with Gasteiger partial charge in [0, 0.05) is 23.2 Å². The lowest BCUT2D eigenvalue weighted by Gasteiger charge is -2.13. The maximum atomic E-state index is 14.0. The highest BCUT2D eigenvalue weighted by molar-refractivity contribution is 7.98. The molecule has 0 saturated heterocycles. The van der Waals surface area contributed by atoms with E-state index in [9.17, 15) is 9.18 Å². The molecule has 0 N–H and O–H groups in total. The van der Waals surface area contributed by atoms with Gasteiger partial charge in [0.2, 0.25) is 0 Å². The van der Waals surface area contributed by atoms with E-state index < -0.39 is 0 Å². The van der Waals surface area contributed by atoms with Crippen molar-refractivity contribution in [2.75, 3.05) is 0 Å². The number of halogens is 2. The van der Waals surface area contributed by atoms with Crippen LogP contribution < -0.4 is 5.56 Å². The van der Waals surface area contributed by atoms with Gasteiger partial charge in [0.25, 0.3) is 5.56 Å². The Bertz CT molecular complexity index is 1200. The first kappa shape index (κ1) is 18.6. The molecule has 0 spiro atoms. The van der Waals surface area contributed by atoms with Crippen molar-refractivity contribution in [3.05, 3.63) is 93.2 Å². The Hall–Kier alpha value is -2.77. The van der Waals surface area contributed by atoms with E-state index in [0.29, 0.717) is 28.0 Å². The van der Waals surface area contributed by atoms with Crippen LogP contribution in [0.2, 0.25) is 5.02 Å². The first-order valence-electron chi connectivity index (χ1n) is 8.44. The molecule has 0 amide bonds. The molecule has 5 nitrogen and oxygen atoms in total. The van der Waals surface area contributed by atoms with Crippen LogP contribution in [0, 0.1) is 5.82 Å². The summed E-state index contributed by atoms with van der Waals surface area (Å²) in [6.07, 6.45) is 2.95. The summed E-state index contributed by atoms with van der Waals surface area (Å²) in [6, 6.07) is 13.8. The maximum Gasteiger partial charge on any atom is 0.282 e. The summed E-state index contributed by atoms with van der Waals surface area (Å²) in [5.41, 5.74) is 1.62. The molecule has 2 aromatic heterocycles. The molecule has 140 valence electrons. The molecule has 0 fully saturated rings. The zero-order valence-corrected chi connectivity index (χ0v) is 16.1. The SMILES string of the molecule is O=c1c2nccnc2nc(SCc2ccccc2F)n1Cc1ccc(Cl)cc1. The molecule has 0 aliphatic heterocycles. The molecule has 0 aliphatic carbocycles. The third-order valence-electron chi connectivity index (χ3n) is 4.13. The molecule has 2 heterocycles. The largest absolute Gasteiger partial charge is 0.282 e. The first-order chi connectivity index (χ1) is 13.6. The van der Waals surface area contributed by atoms with E-state index in [2.05, 4.69) is 15.0 Å². The van der Waals surface area contributed by atoms with Gasteiger partial charge in [0.05, 0.1) is 6.54 Å². The van der Waals surface area contributed by atoms with Crippen molar-refractivity contribution in [3.8, 4) is 0 Å². The van der Waals surface area contributed by atoms with Crippen molar-refractivity contribution in [1.82, 2.24) is 19.5 Å². The molecule has 0 unspecified atom stereocenters. The van der Waals surface area contributed by atoms with Crippen LogP contribution >= 0.6 is 23.4 Å². The zero-order valence-electron chi connectivity index (χ0n) is 14.5. The van der Waals surface area contributed by atoms with Crippen LogP contribution in [0.1, 0.15) is 11.1 Å². The van der Waals surface area contributed by atoms with Crippen LogP contribution in [0.4, 0.5) is 4.39 Å². The predicted molar refractivity (Wildman–Crippen MR) is 108 cm³/mol.